The summed E-state index contributed by atoms with van der Waals surface area (Å²) in [5.74, 6) is 0.621. The quantitative estimate of drug-likeness (QED) is 0.779. The maximum atomic E-state index is 12.2. The Morgan fingerprint density at radius 1 is 1.35 bits per heavy atom. The second-order valence-electron chi connectivity index (χ2n) is 7.12. The Morgan fingerprint density at radius 3 is 2.35 bits per heavy atom. The van der Waals surface area contributed by atoms with E-state index in [4.69, 9.17) is 4.74 Å². The summed E-state index contributed by atoms with van der Waals surface area (Å²) in [7, 11) is 0. The van der Waals surface area contributed by atoms with Gasteiger partial charge >= 0.3 is 6.09 Å². The second kappa shape index (κ2) is 7.30. The van der Waals surface area contributed by atoms with Gasteiger partial charge in [0.2, 0.25) is 0 Å². The van der Waals surface area contributed by atoms with Crippen molar-refractivity contribution in [2.75, 3.05) is 13.1 Å². The van der Waals surface area contributed by atoms with E-state index in [2.05, 4.69) is 26.1 Å². The van der Waals surface area contributed by atoms with Gasteiger partial charge in [-0.25, -0.2) is 4.79 Å². The molecule has 4 nitrogen and oxygen atoms in total. The molecule has 1 rings (SSSR count). The van der Waals surface area contributed by atoms with Crippen molar-refractivity contribution >= 4 is 6.09 Å². The molecule has 1 fully saturated rings. The molecular formula is C16H32N2O2. The molecule has 1 aliphatic rings. The molecule has 1 amide bonds. The molecule has 1 atom stereocenters. The average Bonchev–Trinajstić information content (AvgIpc) is 3.10. The summed E-state index contributed by atoms with van der Waals surface area (Å²) in [4.78, 5) is 14.1. The highest BCUT2D eigenvalue weighted by Gasteiger charge is 2.34. The van der Waals surface area contributed by atoms with Crippen LogP contribution in [0.1, 0.15) is 60.8 Å². The normalized spacial score (nSPS) is 17.1. The van der Waals surface area contributed by atoms with Crippen LogP contribution in [0.2, 0.25) is 0 Å². The molecule has 0 aromatic rings. The van der Waals surface area contributed by atoms with Crippen molar-refractivity contribution in [2.24, 2.45) is 5.92 Å². The molecule has 0 bridgehead atoms. The molecular weight excluding hydrogens is 252 g/mol. The van der Waals surface area contributed by atoms with Gasteiger partial charge in [0.05, 0.1) is 0 Å². The molecule has 0 aliphatic heterocycles. The predicted molar refractivity (Wildman–Crippen MR) is 82.9 cm³/mol. The van der Waals surface area contributed by atoms with Crippen molar-refractivity contribution in [3.8, 4) is 0 Å². The van der Waals surface area contributed by atoms with E-state index in [0.717, 1.165) is 32.4 Å². The van der Waals surface area contributed by atoms with E-state index in [1.54, 1.807) is 0 Å². The van der Waals surface area contributed by atoms with E-state index < -0.39 is 5.60 Å². The van der Waals surface area contributed by atoms with E-state index >= 15 is 0 Å². The first-order chi connectivity index (χ1) is 9.24. The van der Waals surface area contributed by atoms with Gasteiger partial charge in [0.25, 0.3) is 0 Å². The molecule has 118 valence electrons. The van der Waals surface area contributed by atoms with Gasteiger partial charge in [-0.2, -0.15) is 0 Å². The lowest BCUT2D eigenvalue weighted by Gasteiger charge is -2.28. The zero-order valence-corrected chi connectivity index (χ0v) is 14.0. The van der Waals surface area contributed by atoms with Gasteiger partial charge in [0, 0.05) is 25.2 Å². The lowest BCUT2D eigenvalue weighted by atomic mass is 10.0. The van der Waals surface area contributed by atoms with Crippen LogP contribution in [0.15, 0.2) is 0 Å². The van der Waals surface area contributed by atoms with E-state index in [1.807, 2.05) is 25.7 Å². The molecule has 0 heterocycles. The molecule has 20 heavy (non-hydrogen) atoms. The lowest BCUT2D eigenvalue weighted by molar-refractivity contribution is 0.0234. The van der Waals surface area contributed by atoms with Crippen molar-refractivity contribution in [3.05, 3.63) is 0 Å². The number of hydrogen-bond acceptors (Lipinski definition) is 3. The number of carbonyl (C=O) groups is 1. The Bertz CT molecular complexity index is 306. The monoisotopic (exact) mass is 284 g/mol. The SMILES string of the molecule is CCC(NCCN(C(=O)OC(C)(C)C)C1CC1)C(C)C. The highest BCUT2D eigenvalue weighted by Crippen LogP contribution is 2.28. The maximum Gasteiger partial charge on any atom is 0.410 e. The van der Waals surface area contributed by atoms with Crippen molar-refractivity contribution in [1.29, 1.82) is 0 Å². The van der Waals surface area contributed by atoms with Gasteiger partial charge in [-0.05, 0) is 46.0 Å². The summed E-state index contributed by atoms with van der Waals surface area (Å²) in [6.45, 7) is 14.0. The average molecular weight is 284 g/mol. The molecule has 0 spiro atoms. The van der Waals surface area contributed by atoms with Crippen molar-refractivity contribution in [3.63, 3.8) is 0 Å². The first-order valence-corrected chi connectivity index (χ1v) is 7.97. The zero-order valence-electron chi connectivity index (χ0n) is 14.0. The van der Waals surface area contributed by atoms with Crippen LogP contribution in [0.4, 0.5) is 4.79 Å². The minimum atomic E-state index is -0.415. The second-order valence-corrected chi connectivity index (χ2v) is 7.12. The highest BCUT2D eigenvalue weighted by atomic mass is 16.6. The van der Waals surface area contributed by atoms with Gasteiger partial charge < -0.3 is 15.0 Å². The Balaban J connectivity index is 2.42. The Hall–Kier alpha value is -0.770. The van der Waals surface area contributed by atoms with E-state index in [1.165, 1.54) is 0 Å². The fourth-order valence-corrected chi connectivity index (χ4v) is 2.35. The fraction of sp³-hybridized carbons (Fsp3) is 0.938. The largest absolute Gasteiger partial charge is 0.444 e. The smallest absolute Gasteiger partial charge is 0.410 e. The predicted octanol–water partition coefficient (Wildman–Crippen LogP) is 3.41. The summed E-state index contributed by atoms with van der Waals surface area (Å²) in [6.07, 6.45) is 3.17. The lowest BCUT2D eigenvalue weighted by Crippen LogP contribution is -2.44. The van der Waals surface area contributed by atoms with Gasteiger partial charge in [0.15, 0.2) is 0 Å². The molecule has 1 unspecified atom stereocenters. The van der Waals surface area contributed by atoms with Crippen LogP contribution >= 0.6 is 0 Å². The topological polar surface area (TPSA) is 41.6 Å². The standard InChI is InChI=1S/C16H32N2O2/c1-7-14(12(2)3)17-10-11-18(13-8-9-13)15(19)20-16(4,5)6/h12-14,17H,7-11H2,1-6H3. The van der Waals surface area contributed by atoms with E-state index in [9.17, 15) is 4.79 Å². The summed E-state index contributed by atoms with van der Waals surface area (Å²) < 4.78 is 5.49. The number of hydrogen-bond donors (Lipinski definition) is 1. The summed E-state index contributed by atoms with van der Waals surface area (Å²) in [6, 6.07) is 0.917. The van der Waals surface area contributed by atoms with Crippen molar-refractivity contribution < 1.29 is 9.53 Å². The summed E-state index contributed by atoms with van der Waals surface area (Å²) in [5.41, 5.74) is -0.415. The minimum Gasteiger partial charge on any atom is -0.444 e. The Kier molecular flexibility index (Phi) is 6.31. The van der Waals surface area contributed by atoms with Gasteiger partial charge in [-0.15, -0.1) is 0 Å². The number of nitrogens with zero attached hydrogens (tertiary/aromatic N) is 1. The van der Waals surface area contributed by atoms with Crippen LogP contribution in [0, 0.1) is 5.92 Å². The number of nitrogens with one attached hydrogen (secondary N) is 1. The van der Waals surface area contributed by atoms with Crippen LogP contribution in [0.3, 0.4) is 0 Å². The van der Waals surface area contributed by atoms with Crippen molar-refractivity contribution in [1.82, 2.24) is 10.2 Å². The summed E-state index contributed by atoms with van der Waals surface area (Å²) in [5, 5.41) is 3.55. The third-order valence-electron chi connectivity index (χ3n) is 3.62. The van der Waals surface area contributed by atoms with Crippen LogP contribution in [0.5, 0.6) is 0 Å². The van der Waals surface area contributed by atoms with Crippen LogP contribution in [-0.4, -0.2) is 41.8 Å². The van der Waals surface area contributed by atoms with Crippen molar-refractivity contribution in [2.45, 2.75) is 78.5 Å². The molecule has 0 saturated heterocycles. The molecule has 0 radical (unpaired) electrons. The molecule has 1 saturated carbocycles. The summed E-state index contributed by atoms with van der Waals surface area (Å²) >= 11 is 0. The highest BCUT2D eigenvalue weighted by molar-refractivity contribution is 5.69. The van der Waals surface area contributed by atoms with E-state index in [-0.39, 0.29) is 6.09 Å². The fourth-order valence-electron chi connectivity index (χ4n) is 2.35. The molecule has 0 aromatic heterocycles. The maximum absolute atomic E-state index is 12.2. The zero-order chi connectivity index (χ0) is 15.3. The third kappa shape index (κ3) is 6.12. The first kappa shape index (κ1) is 17.3. The minimum absolute atomic E-state index is 0.167. The first-order valence-electron chi connectivity index (χ1n) is 7.97. The van der Waals surface area contributed by atoms with Crippen LogP contribution < -0.4 is 5.32 Å². The number of carbonyl (C=O) groups excluding carboxylic acids is 1. The number of ether oxygens (including phenoxy) is 1. The van der Waals surface area contributed by atoms with Gasteiger partial charge in [0.1, 0.15) is 5.60 Å². The molecule has 1 N–H and O–H groups in total. The van der Waals surface area contributed by atoms with Gasteiger partial charge in [-0.1, -0.05) is 20.8 Å². The Morgan fingerprint density at radius 2 is 1.95 bits per heavy atom. The molecule has 4 heteroatoms. The molecule has 1 aliphatic carbocycles. The van der Waals surface area contributed by atoms with Crippen LogP contribution in [0.25, 0.3) is 0 Å². The van der Waals surface area contributed by atoms with E-state index in [0.29, 0.717) is 18.0 Å². The third-order valence-corrected chi connectivity index (χ3v) is 3.62. The van der Waals surface area contributed by atoms with Gasteiger partial charge in [-0.3, -0.25) is 0 Å². The Labute approximate surface area is 124 Å². The number of rotatable bonds is 7. The number of amides is 1. The molecule has 0 aromatic carbocycles. The van der Waals surface area contributed by atoms with Crippen LogP contribution in [-0.2, 0) is 4.74 Å².